The first-order valence-corrected chi connectivity index (χ1v) is 8.44. The standard InChI is InChI=1S/C20H21FN2O4/c1-4-25-20(24)13(3)26-18-6-5-16(7-12(18)2)27-19-9-14(10-22)17(21)8-15(19)11-23/h5-9,13H,4,11,23H2,1-3H3. The van der Waals surface area contributed by atoms with E-state index in [-0.39, 0.29) is 18.7 Å². The van der Waals surface area contributed by atoms with Crippen LogP contribution in [0.25, 0.3) is 0 Å². The molecule has 0 saturated heterocycles. The van der Waals surface area contributed by atoms with Crippen molar-refractivity contribution in [2.45, 2.75) is 33.4 Å². The fourth-order valence-corrected chi connectivity index (χ4v) is 2.38. The molecule has 27 heavy (non-hydrogen) atoms. The van der Waals surface area contributed by atoms with Gasteiger partial charge < -0.3 is 19.9 Å². The Balaban J connectivity index is 2.21. The number of benzene rings is 2. The highest BCUT2D eigenvalue weighted by Gasteiger charge is 2.17. The average Bonchev–Trinajstić information content (AvgIpc) is 2.65. The van der Waals surface area contributed by atoms with Crippen LogP contribution in [0.3, 0.4) is 0 Å². The van der Waals surface area contributed by atoms with Gasteiger partial charge in [0.1, 0.15) is 29.1 Å². The van der Waals surface area contributed by atoms with Crippen molar-refractivity contribution in [3.63, 3.8) is 0 Å². The molecular weight excluding hydrogens is 351 g/mol. The fraction of sp³-hybridized carbons (Fsp3) is 0.300. The molecule has 0 aliphatic rings. The van der Waals surface area contributed by atoms with Crippen molar-refractivity contribution >= 4 is 5.97 Å². The maximum absolute atomic E-state index is 13.7. The molecule has 0 saturated carbocycles. The molecular formula is C20H21FN2O4. The van der Waals surface area contributed by atoms with E-state index in [4.69, 9.17) is 25.2 Å². The van der Waals surface area contributed by atoms with Crippen LogP contribution >= 0.6 is 0 Å². The van der Waals surface area contributed by atoms with Gasteiger partial charge in [0, 0.05) is 18.2 Å². The average molecular weight is 372 g/mol. The number of nitrogens with zero attached hydrogens (tertiary/aromatic N) is 1. The largest absolute Gasteiger partial charge is 0.479 e. The Kier molecular flexibility index (Phi) is 6.74. The molecule has 0 aliphatic carbocycles. The first-order chi connectivity index (χ1) is 12.9. The Morgan fingerprint density at radius 1 is 1.30 bits per heavy atom. The van der Waals surface area contributed by atoms with Gasteiger partial charge in [0.2, 0.25) is 0 Å². The summed E-state index contributed by atoms with van der Waals surface area (Å²) in [6, 6.07) is 9.31. The Labute approximate surface area is 157 Å². The molecule has 1 atom stereocenters. The van der Waals surface area contributed by atoms with Gasteiger partial charge in [-0.15, -0.1) is 0 Å². The summed E-state index contributed by atoms with van der Waals surface area (Å²) < 4.78 is 30.0. The molecule has 0 aromatic heterocycles. The van der Waals surface area contributed by atoms with Crippen molar-refractivity contribution in [1.82, 2.24) is 0 Å². The number of esters is 1. The minimum absolute atomic E-state index is 0.0647. The van der Waals surface area contributed by atoms with Crippen molar-refractivity contribution in [2.75, 3.05) is 6.61 Å². The molecule has 2 N–H and O–H groups in total. The van der Waals surface area contributed by atoms with E-state index in [1.165, 1.54) is 12.1 Å². The van der Waals surface area contributed by atoms with E-state index in [2.05, 4.69) is 0 Å². The molecule has 2 aromatic rings. The van der Waals surface area contributed by atoms with E-state index in [9.17, 15) is 9.18 Å². The summed E-state index contributed by atoms with van der Waals surface area (Å²) in [6.07, 6.45) is -0.741. The smallest absolute Gasteiger partial charge is 0.347 e. The lowest BCUT2D eigenvalue weighted by Crippen LogP contribution is -2.26. The van der Waals surface area contributed by atoms with Crippen LogP contribution in [0.5, 0.6) is 17.2 Å². The van der Waals surface area contributed by atoms with E-state index >= 15 is 0 Å². The Hall–Kier alpha value is -3.11. The third-order valence-corrected chi connectivity index (χ3v) is 3.79. The number of hydrogen-bond donors (Lipinski definition) is 1. The first kappa shape index (κ1) is 20.2. The summed E-state index contributed by atoms with van der Waals surface area (Å²) in [6.45, 7) is 5.48. The lowest BCUT2D eigenvalue weighted by molar-refractivity contribution is -0.150. The summed E-state index contributed by atoms with van der Waals surface area (Å²) in [5, 5.41) is 8.99. The van der Waals surface area contributed by atoms with E-state index < -0.39 is 17.9 Å². The van der Waals surface area contributed by atoms with Gasteiger partial charge in [-0.05, 0) is 50.6 Å². The molecule has 142 valence electrons. The van der Waals surface area contributed by atoms with Gasteiger partial charge in [-0.2, -0.15) is 5.26 Å². The second-order valence-electron chi connectivity index (χ2n) is 5.80. The third kappa shape index (κ3) is 4.96. The van der Waals surface area contributed by atoms with Crippen LogP contribution in [0.1, 0.15) is 30.5 Å². The first-order valence-electron chi connectivity index (χ1n) is 8.44. The highest BCUT2D eigenvalue weighted by molar-refractivity contribution is 5.74. The highest BCUT2D eigenvalue weighted by atomic mass is 19.1. The van der Waals surface area contributed by atoms with Crippen molar-refractivity contribution in [3.05, 3.63) is 52.8 Å². The summed E-state index contributed by atoms with van der Waals surface area (Å²) >= 11 is 0. The predicted octanol–water partition coefficient (Wildman–Crippen LogP) is 3.59. The van der Waals surface area contributed by atoms with E-state index in [1.54, 1.807) is 45.0 Å². The van der Waals surface area contributed by atoms with Gasteiger partial charge in [-0.25, -0.2) is 9.18 Å². The molecule has 0 amide bonds. The maximum atomic E-state index is 13.7. The van der Waals surface area contributed by atoms with Crippen LogP contribution in [0.2, 0.25) is 0 Å². The minimum atomic E-state index is -0.741. The van der Waals surface area contributed by atoms with Gasteiger partial charge in [0.15, 0.2) is 6.10 Å². The number of hydrogen-bond acceptors (Lipinski definition) is 6. The predicted molar refractivity (Wildman–Crippen MR) is 97.0 cm³/mol. The molecule has 7 heteroatoms. The number of halogens is 1. The number of nitrogens with two attached hydrogens (primary N) is 1. The third-order valence-electron chi connectivity index (χ3n) is 3.79. The second kappa shape index (κ2) is 9.01. The number of rotatable bonds is 7. The maximum Gasteiger partial charge on any atom is 0.347 e. The quantitative estimate of drug-likeness (QED) is 0.747. The topological polar surface area (TPSA) is 94.6 Å². The van der Waals surface area contributed by atoms with Crippen molar-refractivity contribution in [3.8, 4) is 23.3 Å². The SMILES string of the molecule is CCOC(=O)C(C)Oc1ccc(Oc2cc(C#N)c(F)cc2CN)cc1C. The summed E-state index contributed by atoms with van der Waals surface area (Å²) in [5.41, 5.74) is 6.69. The molecule has 0 aliphatic heterocycles. The van der Waals surface area contributed by atoms with Crippen LogP contribution < -0.4 is 15.2 Å². The van der Waals surface area contributed by atoms with Crippen molar-refractivity contribution < 1.29 is 23.4 Å². The zero-order valence-electron chi connectivity index (χ0n) is 15.4. The molecule has 6 nitrogen and oxygen atoms in total. The number of carbonyl (C=O) groups is 1. The van der Waals surface area contributed by atoms with Crippen molar-refractivity contribution in [1.29, 1.82) is 5.26 Å². The van der Waals surface area contributed by atoms with Crippen LogP contribution in [-0.4, -0.2) is 18.7 Å². The molecule has 0 radical (unpaired) electrons. The van der Waals surface area contributed by atoms with Gasteiger partial charge >= 0.3 is 5.97 Å². The Morgan fingerprint density at radius 3 is 2.63 bits per heavy atom. The van der Waals surface area contributed by atoms with E-state index in [0.717, 1.165) is 5.56 Å². The Morgan fingerprint density at radius 2 is 2.04 bits per heavy atom. The zero-order valence-corrected chi connectivity index (χ0v) is 15.4. The van der Waals surface area contributed by atoms with Gasteiger partial charge in [-0.1, -0.05) is 0 Å². The van der Waals surface area contributed by atoms with Crippen LogP contribution in [0.4, 0.5) is 4.39 Å². The number of aryl methyl sites for hydroxylation is 1. The van der Waals surface area contributed by atoms with Gasteiger partial charge in [0.25, 0.3) is 0 Å². The highest BCUT2D eigenvalue weighted by Crippen LogP contribution is 2.31. The van der Waals surface area contributed by atoms with Crippen molar-refractivity contribution in [2.24, 2.45) is 5.73 Å². The lowest BCUT2D eigenvalue weighted by Gasteiger charge is -2.16. The molecule has 2 aromatic carbocycles. The molecule has 0 fully saturated rings. The van der Waals surface area contributed by atoms with E-state index in [0.29, 0.717) is 22.8 Å². The zero-order chi connectivity index (χ0) is 20.0. The monoisotopic (exact) mass is 372 g/mol. The molecule has 0 spiro atoms. The summed E-state index contributed by atoms with van der Waals surface area (Å²) in [5.74, 6) is 0.203. The lowest BCUT2D eigenvalue weighted by atomic mass is 10.1. The normalized spacial score (nSPS) is 11.4. The molecule has 2 rings (SSSR count). The fourth-order valence-electron chi connectivity index (χ4n) is 2.38. The molecule has 0 bridgehead atoms. The molecule has 0 heterocycles. The number of nitriles is 1. The minimum Gasteiger partial charge on any atom is -0.479 e. The van der Waals surface area contributed by atoms with Crippen LogP contribution in [0, 0.1) is 24.1 Å². The summed E-state index contributed by atoms with van der Waals surface area (Å²) in [7, 11) is 0. The Bertz CT molecular complexity index is 877. The van der Waals surface area contributed by atoms with E-state index in [1.807, 2.05) is 0 Å². The summed E-state index contributed by atoms with van der Waals surface area (Å²) in [4.78, 5) is 11.7. The number of ether oxygens (including phenoxy) is 3. The van der Waals surface area contributed by atoms with Crippen LogP contribution in [-0.2, 0) is 16.1 Å². The second-order valence-corrected chi connectivity index (χ2v) is 5.80. The van der Waals surface area contributed by atoms with Gasteiger partial charge in [0.05, 0.1) is 12.2 Å². The number of carbonyl (C=O) groups excluding carboxylic acids is 1. The molecule has 1 unspecified atom stereocenters. The van der Waals surface area contributed by atoms with Crippen LogP contribution in [0.15, 0.2) is 30.3 Å². The van der Waals surface area contributed by atoms with Gasteiger partial charge in [-0.3, -0.25) is 0 Å².